The van der Waals surface area contributed by atoms with E-state index in [1.54, 1.807) is 29.3 Å². The van der Waals surface area contributed by atoms with Gasteiger partial charge in [-0.2, -0.15) is 4.31 Å². The molecule has 0 radical (unpaired) electrons. The topological polar surface area (TPSA) is 83.0 Å². The Hall–Kier alpha value is -2.65. The molecule has 0 unspecified atom stereocenters. The molecule has 1 amide bonds. The Morgan fingerprint density at radius 2 is 1.83 bits per heavy atom. The number of nitrogens with zero attached hydrogens (tertiary/aromatic N) is 4. The van der Waals surface area contributed by atoms with Crippen molar-refractivity contribution < 1.29 is 17.9 Å². The van der Waals surface area contributed by atoms with E-state index in [-0.39, 0.29) is 10.8 Å². The van der Waals surface area contributed by atoms with Gasteiger partial charge in [0, 0.05) is 39.3 Å². The zero-order chi connectivity index (χ0) is 21.5. The lowest BCUT2D eigenvalue weighted by Crippen LogP contribution is -2.49. The summed E-state index contributed by atoms with van der Waals surface area (Å²) in [5.74, 6) is 1.21. The van der Waals surface area contributed by atoms with Gasteiger partial charge >= 0.3 is 0 Å². The first-order valence-electron chi connectivity index (χ1n) is 9.95. The van der Waals surface area contributed by atoms with Gasteiger partial charge < -0.3 is 14.5 Å². The number of ether oxygens (including phenoxy) is 1. The van der Waals surface area contributed by atoms with Gasteiger partial charge in [-0.15, -0.1) is 0 Å². The van der Waals surface area contributed by atoms with E-state index < -0.39 is 15.6 Å². The highest BCUT2D eigenvalue weighted by molar-refractivity contribution is 7.89. The maximum atomic E-state index is 13.3. The van der Waals surface area contributed by atoms with Gasteiger partial charge in [-0.3, -0.25) is 4.79 Å². The molecule has 1 aromatic carbocycles. The maximum absolute atomic E-state index is 13.3. The van der Waals surface area contributed by atoms with Crippen LogP contribution in [0, 0.1) is 0 Å². The first-order chi connectivity index (χ1) is 14.2. The van der Waals surface area contributed by atoms with Crippen molar-refractivity contribution in [3.8, 4) is 5.75 Å². The fourth-order valence-electron chi connectivity index (χ4n) is 3.88. The monoisotopic (exact) mass is 430 g/mol. The van der Waals surface area contributed by atoms with E-state index in [2.05, 4.69) is 9.88 Å². The number of amides is 1. The van der Waals surface area contributed by atoms with Crippen LogP contribution in [0.5, 0.6) is 5.75 Å². The van der Waals surface area contributed by atoms with Gasteiger partial charge in [0.05, 0.1) is 17.1 Å². The average Bonchev–Trinajstić information content (AvgIpc) is 2.73. The van der Waals surface area contributed by atoms with E-state index in [1.807, 2.05) is 32.0 Å². The predicted molar refractivity (Wildman–Crippen MR) is 114 cm³/mol. The third kappa shape index (κ3) is 3.87. The molecule has 1 saturated heterocycles. The Bertz CT molecular complexity index is 1050. The molecule has 160 valence electrons. The molecule has 2 aliphatic heterocycles. The fourth-order valence-corrected chi connectivity index (χ4v) is 5.32. The molecule has 0 spiro atoms. The Kier molecular flexibility index (Phi) is 5.19. The van der Waals surface area contributed by atoms with Crippen LogP contribution in [-0.2, 0) is 14.8 Å². The summed E-state index contributed by atoms with van der Waals surface area (Å²) in [7, 11) is -3.69. The highest BCUT2D eigenvalue weighted by atomic mass is 32.2. The summed E-state index contributed by atoms with van der Waals surface area (Å²) >= 11 is 0. The number of fused-ring (bicyclic) bond motifs is 1. The van der Waals surface area contributed by atoms with Gasteiger partial charge in [0.15, 0.2) is 0 Å². The third-order valence-corrected chi connectivity index (χ3v) is 7.27. The lowest BCUT2D eigenvalue weighted by molar-refractivity contribution is -0.117. The quantitative estimate of drug-likeness (QED) is 0.742. The van der Waals surface area contributed by atoms with E-state index in [0.717, 1.165) is 5.82 Å². The van der Waals surface area contributed by atoms with Crippen LogP contribution in [0.15, 0.2) is 47.5 Å². The molecule has 3 heterocycles. The summed E-state index contributed by atoms with van der Waals surface area (Å²) < 4.78 is 34.0. The third-order valence-electron chi connectivity index (χ3n) is 5.38. The Balaban J connectivity index is 1.57. The van der Waals surface area contributed by atoms with Crippen molar-refractivity contribution in [1.29, 1.82) is 0 Å². The molecule has 2 aliphatic rings. The van der Waals surface area contributed by atoms with Gasteiger partial charge in [0.25, 0.3) is 0 Å². The number of aromatic nitrogens is 1. The van der Waals surface area contributed by atoms with Gasteiger partial charge in [-0.05, 0) is 44.2 Å². The lowest BCUT2D eigenvalue weighted by Gasteiger charge is -2.39. The van der Waals surface area contributed by atoms with Gasteiger partial charge in [-0.1, -0.05) is 6.07 Å². The van der Waals surface area contributed by atoms with Crippen molar-refractivity contribution in [2.75, 3.05) is 42.5 Å². The normalized spacial score (nSPS) is 19.2. The molecule has 0 aliphatic carbocycles. The molecule has 1 aromatic heterocycles. The maximum Gasteiger partial charge on any atom is 0.243 e. The van der Waals surface area contributed by atoms with Crippen molar-refractivity contribution in [2.45, 2.75) is 31.3 Å². The van der Waals surface area contributed by atoms with E-state index in [0.29, 0.717) is 44.2 Å². The molecule has 9 heteroatoms. The van der Waals surface area contributed by atoms with Crippen LogP contribution in [-0.4, -0.2) is 61.9 Å². The second kappa shape index (κ2) is 7.55. The number of hydrogen-bond donors (Lipinski definition) is 0. The summed E-state index contributed by atoms with van der Waals surface area (Å²) in [5.41, 5.74) is -0.0454. The van der Waals surface area contributed by atoms with Crippen molar-refractivity contribution in [2.24, 2.45) is 0 Å². The summed E-state index contributed by atoms with van der Waals surface area (Å²) in [4.78, 5) is 20.3. The summed E-state index contributed by atoms with van der Waals surface area (Å²) in [6, 6.07) is 10.4. The molecular formula is C21H26N4O4S. The number of hydrogen-bond acceptors (Lipinski definition) is 6. The number of carbonyl (C=O) groups excluding carboxylic acids is 1. The number of benzene rings is 1. The number of pyridine rings is 1. The highest BCUT2D eigenvalue weighted by Crippen LogP contribution is 2.39. The summed E-state index contributed by atoms with van der Waals surface area (Å²) in [6.07, 6.45) is 1.73. The van der Waals surface area contributed by atoms with Crippen molar-refractivity contribution in [1.82, 2.24) is 9.29 Å². The SMILES string of the molecule is CC(=O)N1CC(C)(C)Oc2ccc(S(=O)(=O)N3CCN(c4ccccn4)CC3)cc21. The van der Waals surface area contributed by atoms with Crippen LogP contribution in [0.25, 0.3) is 0 Å². The van der Waals surface area contributed by atoms with Gasteiger partial charge in [0.2, 0.25) is 15.9 Å². The predicted octanol–water partition coefficient (Wildman–Crippen LogP) is 2.12. The molecular weight excluding hydrogens is 404 g/mol. The minimum absolute atomic E-state index is 0.147. The number of carbonyl (C=O) groups is 1. The molecule has 8 nitrogen and oxygen atoms in total. The molecule has 4 rings (SSSR count). The first-order valence-corrected chi connectivity index (χ1v) is 11.4. The number of anilines is 2. The smallest absolute Gasteiger partial charge is 0.243 e. The van der Waals surface area contributed by atoms with Crippen LogP contribution in [0.2, 0.25) is 0 Å². The molecule has 0 atom stereocenters. The Morgan fingerprint density at radius 3 is 2.47 bits per heavy atom. The number of sulfonamides is 1. The van der Waals surface area contributed by atoms with Gasteiger partial charge in [0.1, 0.15) is 17.2 Å². The van der Waals surface area contributed by atoms with Crippen molar-refractivity contribution >= 4 is 27.4 Å². The number of rotatable bonds is 3. The summed E-state index contributed by atoms with van der Waals surface area (Å²) in [6.45, 7) is 7.52. The van der Waals surface area contributed by atoms with Crippen molar-refractivity contribution in [3.63, 3.8) is 0 Å². The molecule has 1 fully saturated rings. The van der Waals surface area contributed by atoms with E-state index in [1.165, 1.54) is 11.2 Å². The van der Waals surface area contributed by atoms with Crippen molar-refractivity contribution in [3.05, 3.63) is 42.6 Å². The van der Waals surface area contributed by atoms with E-state index in [9.17, 15) is 13.2 Å². The average molecular weight is 431 g/mol. The molecule has 2 aromatic rings. The van der Waals surface area contributed by atoms with Crippen LogP contribution in [0.1, 0.15) is 20.8 Å². The fraction of sp³-hybridized carbons (Fsp3) is 0.429. The standard InChI is InChI=1S/C21H26N4O4S/c1-16(26)25-15-21(2,3)29-19-8-7-17(14-18(19)25)30(27,28)24-12-10-23(11-13-24)20-6-4-5-9-22-20/h4-9,14H,10-13,15H2,1-3H3. The Morgan fingerprint density at radius 1 is 1.10 bits per heavy atom. The van der Waals surface area contributed by atoms with Crippen LogP contribution in [0.4, 0.5) is 11.5 Å². The van der Waals surface area contributed by atoms with Gasteiger partial charge in [-0.25, -0.2) is 13.4 Å². The van der Waals surface area contributed by atoms with Crippen LogP contribution in [0.3, 0.4) is 0 Å². The lowest BCUT2D eigenvalue weighted by atomic mass is 10.1. The minimum Gasteiger partial charge on any atom is -0.484 e. The second-order valence-corrected chi connectivity index (χ2v) is 10.1. The second-order valence-electron chi connectivity index (χ2n) is 8.18. The molecule has 30 heavy (non-hydrogen) atoms. The molecule has 0 saturated carbocycles. The largest absolute Gasteiger partial charge is 0.484 e. The van der Waals surface area contributed by atoms with Crippen LogP contribution >= 0.6 is 0 Å². The molecule has 0 bridgehead atoms. The summed E-state index contributed by atoms with van der Waals surface area (Å²) in [5, 5.41) is 0. The zero-order valence-electron chi connectivity index (χ0n) is 17.4. The van der Waals surface area contributed by atoms with E-state index >= 15 is 0 Å². The molecule has 0 N–H and O–H groups in total. The Labute approximate surface area is 177 Å². The van der Waals surface area contributed by atoms with E-state index in [4.69, 9.17) is 4.74 Å². The minimum atomic E-state index is -3.69. The van der Waals surface area contributed by atoms with Crippen LogP contribution < -0.4 is 14.5 Å². The number of piperazine rings is 1. The zero-order valence-corrected chi connectivity index (χ0v) is 18.2. The first kappa shape index (κ1) is 20.6. The highest BCUT2D eigenvalue weighted by Gasteiger charge is 2.36.